The fourth-order valence-electron chi connectivity index (χ4n) is 3.07. The summed E-state index contributed by atoms with van der Waals surface area (Å²) in [6.07, 6.45) is 0.721. The van der Waals surface area contributed by atoms with Gasteiger partial charge in [0.15, 0.2) is 5.76 Å². The molecule has 1 amide bonds. The van der Waals surface area contributed by atoms with E-state index in [0.29, 0.717) is 12.3 Å². The predicted molar refractivity (Wildman–Crippen MR) is 101 cm³/mol. The molecule has 0 saturated heterocycles. The lowest BCUT2D eigenvalue weighted by Crippen LogP contribution is -2.25. The van der Waals surface area contributed by atoms with Crippen LogP contribution >= 0.6 is 11.3 Å². The van der Waals surface area contributed by atoms with E-state index in [1.165, 1.54) is 0 Å². The zero-order chi connectivity index (χ0) is 17.4. The van der Waals surface area contributed by atoms with Crippen molar-refractivity contribution in [3.63, 3.8) is 0 Å². The molecule has 4 nitrogen and oxygen atoms in total. The van der Waals surface area contributed by atoms with E-state index in [1.807, 2.05) is 49.6 Å². The summed E-state index contributed by atoms with van der Waals surface area (Å²) >= 11 is 1.62. The first-order chi connectivity index (χ1) is 12.1. The molecule has 0 aliphatic rings. The number of fused-ring (bicyclic) bond motifs is 3. The lowest BCUT2D eigenvalue weighted by molar-refractivity contribution is 0.0928. The van der Waals surface area contributed by atoms with E-state index in [2.05, 4.69) is 16.4 Å². The molecule has 0 unspecified atom stereocenters. The number of carbonyl (C=O) groups excluding carboxylic acids is 1. The number of hydrogen-bond acceptors (Lipinski definition) is 4. The van der Waals surface area contributed by atoms with E-state index in [9.17, 15) is 4.79 Å². The van der Waals surface area contributed by atoms with Crippen molar-refractivity contribution in [1.82, 2.24) is 10.3 Å². The summed E-state index contributed by atoms with van der Waals surface area (Å²) < 4.78 is 5.96. The monoisotopic (exact) mass is 350 g/mol. The van der Waals surface area contributed by atoms with Gasteiger partial charge in [0.1, 0.15) is 5.58 Å². The summed E-state index contributed by atoms with van der Waals surface area (Å²) in [6.45, 7) is 4.45. The van der Waals surface area contributed by atoms with Crippen LogP contribution in [-0.4, -0.2) is 17.4 Å². The van der Waals surface area contributed by atoms with Crippen LogP contribution in [0.1, 0.15) is 26.8 Å². The Bertz CT molecular complexity index is 1080. The van der Waals surface area contributed by atoms with Crippen molar-refractivity contribution >= 4 is 39.0 Å². The van der Waals surface area contributed by atoms with Crippen LogP contribution in [0.2, 0.25) is 0 Å². The first kappa shape index (κ1) is 15.8. The molecule has 1 N–H and O–H groups in total. The Morgan fingerprint density at radius 2 is 2.00 bits per heavy atom. The number of carbonyl (C=O) groups is 1. The minimum Gasteiger partial charge on any atom is -0.450 e. The third-order valence-corrected chi connectivity index (χ3v) is 5.19. The number of furan rings is 1. The van der Waals surface area contributed by atoms with E-state index in [4.69, 9.17) is 4.42 Å². The first-order valence-corrected chi connectivity index (χ1v) is 9.11. The van der Waals surface area contributed by atoms with Crippen molar-refractivity contribution in [2.75, 3.05) is 6.54 Å². The number of rotatable bonds is 4. The SMILES string of the molecule is Cc1nc(CCNC(=O)c2oc3c(ccc4ccccc43)c2C)cs1. The van der Waals surface area contributed by atoms with Gasteiger partial charge < -0.3 is 9.73 Å². The average Bonchev–Trinajstić information content (AvgIpc) is 3.18. The Morgan fingerprint density at radius 3 is 2.80 bits per heavy atom. The topological polar surface area (TPSA) is 55.1 Å². The number of hydrogen-bond donors (Lipinski definition) is 1. The molecule has 2 aromatic carbocycles. The second-order valence-corrected chi connectivity index (χ2v) is 7.15. The normalized spacial score (nSPS) is 11.3. The molecule has 0 fully saturated rings. The van der Waals surface area contributed by atoms with Gasteiger partial charge in [0, 0.05) is 34.7 Å². The number of nitrogens with zero attached hydrogens (tertiary/aromatic N) is 1. The van der Waals surface area contributed by atoms with Gasteiger partial charge in [-0.15, -0.1) is 11.3 Å². The maximum atomic E-state index is 12.5. The van der Waals surface area contributed by atoms with Gasteiger partial charge >= 0.3 is 0 Å². The predicted octanol–water partition coefficient (Wildman–Crippen LogP) is 4.63. The fraction of sp³-hybridized carbons (Fsp3) is 0.200. The zero-order valence-electron chi connectivity index (χ0n) is 14.1. The van der Waals surface area contributed by atoms with Gasteiger partial charge in [-0.05, 0) is 19.2 Å². The zero-order valence-corrected chi connectivity index (χ0v) is 14.9. The van der Waals surface area contributed by atoms with E-state index in [1.54, 1.807) is 11.3 Å². The minimum atomic E-state index is -0.176. The third kappa shape index (κ3) is 2.91. The lowest BCUT2D eigenvalue weighted by atomic mass is 10.1. The van der Waals surface area contributed by atoms with Gasteiger partial charge in [0.2, 0.25) is 0 Å². The van der Waals surface area contributed by atoms with Crippen LogP contribution in [0.25, 0.3) is 21.7 Å². The van der Waals surface area contributed by atoms with Crippen LogP contribution in [-0.2, 0) is 6.42 Å². The van der Waals surface area contributed by atoms with Gasteiger partial charge in [-0.3, -0.25) is 4.79 Å². The summed E-state index contributed by atoms with van der Waals surface area (Å²) in [7, 11) is 0. The molecule has 2 heterocycles. The maximum absolute atomic E-state index is 12.5. The minimum absolute atomic E-state index is 0.176. The highest BCUT2D eigenvalue weighted by Gasteiger charge is 2.18. The van der Waals surface area contributed by atoms with Crippen LogP contribution in [0.5, 0.6) is 0 Å². The number of nitrogens with one attached hydrogen (secondary N) is 1. The van der Waals surface area contributed by atoms with E-state index in [0.717, 1.165) is 44.4 Å². The fourth-order valence-corrected chi connectivity index (χ4v) is 3.72. The number of benzene rings is 2. The Labute approximate surface area is 149 Å². The van der Waals surface area contributed by atoms with Gasteiger partial charge in [0.05, 0.1) is 10.7 Å². The van der Waals surface area contributed by atoms with E-state index < -0.39 is 0 Å². The molecule has 0 atom stereocenters. The highest BCUT2D eigenvalue weighted by atomic mass is 32.1. The van der Waals surface area contributed by atoms with Crippen LogP contribution < -0.4 is 5.32 Å². The Morgan fingerprint density at radius 1 is 1.16 bits per heavy atom. The highest BCUT2D eigenvalue weighted by Crippen LogP contribution is 2.31. The quantitative estimate of drug-likeness (QED) is 0.584. The molecule has 4 aromatic rings. The van der Waals surface area contributed by atoms with Crippen molar-refractivity contribution in [2.24, 2.45) is 0 Å². The molecule has 0 aliphatic heterocycles. The number of aryl methyl sites for hydroxylation is 2. The summed E-state index contributed by atoms with van der Waals surface area (Å²) in [6, 6.07) is 12.1. The van der Waals surface area contributed by atoms with Crippen molar-refractivity contribution in [2.45, 2.75) is 20.3 Å². The number of amides is 1. The second kappa shape index (κ2) is 6.33. The molecule has 4 rings (SSSR count). The van der Waals surface area contributed by atoms with Crippen molar-refractivity contribution in [3.05, 3.63) is 63.8 Å². The average molecular weight is 350 g/mol. The summed E-state index contributed by atoms with van der Waals surface area (Å²) in [4.78, 5) is 17.0. The molecule has 2 aromatic heterocycles. The van der Waals surface area contributed by atoms with Gasteiger partial charge in [-0.2, -0.15) is 0 Å². The maximum Gasteiger partial charge on any atom is 0.287 e. The van der Waals surface area contributed by atoms with Crippen LogP contribution in [0.3, 0.4) is 0 Å². The smallest absolute Gasteiger partial charge is 0.287 e. The summed E-state index contributed by atoms with van der Waals surface area (Å²) in [5, 5.41) is 9.13. The molecule has 0 saturated carbocycles. The van der Waals surface area contributed by atoms with Gasteiger partial charge in [-0.25, -0.2) is 4.98 Å². The highest BCUT2D eigenvalue weighted by molar-refractivity contribution is 7.09. The van der Waals surface area contributed by atoms with Gasteiger partial charge in [0.25, 0.3) is 5.91 Å². The lowest BCUT2D eigenvalue weighted by Gasteiger charge is -2.02. The van der Waals surface area contributed by atoms with Gasteiger partial charge in [-0.1, -0.05) is 36.4 Å². The van der Waals surface area contributed by atoms with Crippen molar-refractivity contribution < 1.29 is 9.21 Å². The van der Waals surface area contributed by atoms with E-state index >= 15 is 0 Å². The van der Waals surface area contributed by atoms with Crippen molar-refractivity contribution in [3.8, 4) is 0 Å². The molecule has 126 valence electrons. The standard InChI is InChI=1S/C20H18N2O2S/c1-12-16-8-7-14-5-3-4-6-17(14)19(16)24-18(12)20(23)21-10-9-15-11-25-13(2)22-15/h3-8,11H,9-10H2,1-2H3,(H,21,23). The number of aromatic nitrogens is 1. The van der Waals surface area contributed by atoms with Crippen LogP contribution in [0.4, 0.5) is 0 Å². The third-order valence-electron chi connectivity index (χ3n) is 4.37. The molecule has 25 heavy (non-hydrogen) atoms. The molecular weight excluding hydrogens is 332 g/mol. The first-order valence-electron chi connectivity index (χ1n) is 8.23. The van der Waals surface area contributed by atoms with Crippen LogP contribution in [0.15, 0.2) is 46.2 Å². The Balaban J connectivity index is 1.58. The summed E-state index contributed by atoms with van der Waals surface area (Å²) in [5.41, 5.74) is 2.66. The molecule has 0 spiro atoms. The number of thiazole rings is 1. The van der Waals surface area contributed by atoms with Crippen molar-refractivity contribution in [1.29, 1.82) is 0 Å². The largest absolute Gasteiger partial charge is 0.450 e. The molecule has 0 radical (unpaired) electrons. The Hall–Kier alpha value is -2.66. The van der Waals surface area contributed by atoms with E-state index in [-0.39, 0.29) is 5.91 Å². The van der Waals surface area contributed by atoms with Crippen LogP contribution in [0, 0.1) is 13.8 Å². The molecule has 0 bridgehead atoms. The second-order valence-electron chi connectivity index (χ2n) is 6.08. The molecule has 5 heteroatoms. The summed E-state index contributed by atoms with van der Waals surface area (Å²) in [5.74, 6) is 0.213. The molecular formula is C20H18N2O2S. The Kier molecular flexibility index (Phi) is 4.01. The molecule has 0 aliphatic carbocycles.